The van der Waals surface area contributed by atoms with Crippen LogP contribution in [0.25, 0.3) is 0 Å². The Labute approximate surface area is 81.2 Å². The lowest BCUT2D eigenvalue weighted by molar-refractivity contribution is 0.639. The predicted octanol–water partition coefficient (Wildman–Crippen LogP) is 3.60. The van der Waals surface area contributed by atoms with E-state index in [0.29, 0.717) is 5.92 Å². The van der Waals surface area contributed by atoms with Gasteiger partial charge in [0.25, 0.3) is 0 Å². The standard InChI is InChI=1S/C12H19N/c1-5-11(6-2)12-7-9(3)13-10(4)8-12/h7-8,11H,5-6H2,1-4H3. The summed E-state index contributed by atoms with van der Waals surface area (Å²) in [4.78, 5) is 4.39. The number of hydrogen-bond donors (Lipinski definition) is 0. The third-order valence-electron chi connectivity index (χ3n) is 2.56. The molecule has 1 rings (SSSR count). The van der Waals surface area contributed by atoms with Gasteiger partial charge in [0.2, 0.25) is 0 Å². The van der Waals surface area contributed by atoms with E-state index >= 15 is 0 Å². The molecular weight excluding hydrogens is 158 g/mol. The molecule has 0 aliphatic rings. The third kappa shape index (κ3) is 2.55. The van der Waals surface area contributed by atoms with Crippen molar-refractivity contribution in [2.45, 2.75) is 46.5 Å². The minimum Gasteiger partial charge on any atom is -0.258 e. The Balaban J connectivity index is 2.99. The van der Waals surface area contributed by atoms with E-state index in [2.05, 4.69) is 44.8 Å². The van der Waals surface area contributed by atoms with Gasteiger partial charge in [0.15, 0.2) is 0 Å². The fourth-order valence-corrected chi connectivity index (χ4v) is 1.86. The highest BCUT2D eigenvalue weighted by atomic mass is 14.7. The number of pyridine rings is 1. The monoisotopic (exact) mass is 177 g/mol. The van der Waals surface area contributed by atoms with E-state index in [0.717, 1.165) is 11.4 Å². The van der Waals surface area contributed by atoms with Gasteiger partial charge in [0.1, 0.15) is 0 Å². The van der Waals surface area contributed by atoms with E-state index in [4.69, 9.17) is 0 Å². The maximum absolute atomic E-state index is 4.39. The maximum atomic E-state index is 4.39. The van der Waals surface area contributed by atoms with Gasteiger partial charge in [-0.2, -0.15) is 0 Å². The van der Waals surface area contributed by atoms with Crippen LogP contribution in [0.2, 0.25) is 0 Å². The smallest absolute Gasteiger partial charge is 0.0378 e. The highest BCUT2D eigenvalue weighted by Crippen LogP contribution is 2.23. The number of rotatable bonds is 3. The quantitative estimate of drug-likeness (QED) is 0.687. The van der Waals surface area contributed by atoms with E-state index in [1.807, 2.05) is 0 Å². The molecule has 1 nitrogen and oxygen atoms in total. The normalized spacial score (nSPS) is 10.8. The van der Waals surface area contributed by atoms with Gasteiger partial charge in [-0.3, -0.25) is 4.98 Å². The minimum absolute atomic E-state index is 0.709. The summed E-state index contributed by atoms with van der Waals surface area (Å²) < 4.78 is 0. The van der Waals surface area contributed by atoms with Gasteiger partial charge < -0.3 is 0 Å². The second-order valence-electron chi connectivity index (χ2n) is 3.70. The molecule has 0 aliphatic carbocycles. The fourth-order valence-electron chi connectivity index (χ4n) is 1.86. The SMILES string of the molecule is CCC(CC)c1cc(C)nc(C)c1. The first-order valence-corrected chi connectivity index (χ1v) is 5.12. The van der Waals surface area contributed by atoms with Crippen LogP contribution in [0.5, 0.6) is 0 Å². The Bertz CT molecular complexity index is 254. The van der Waals surface area contributed by atoms with Gasteiger partial charge in [-0.05, 0) is 50.3 Å². The van der Waals surface area contributed by atoms with Gasteiger partial charge in [-0.1, -0.05) is 13.8 Å². The summed E-state index contributed by atoms with van der Waals surface area (Å²) >= 11 is 0. The lowest BCUT2D eigenvalue weighted by atomic mass is 9.94. The molecule has 0 saturated heterocycles. The van der Waals surface area contributed by atoms with Crippen LogP contribution >= 0.6 is 0 Å². The molecule has 13 heavy (non-hydrogen) atoms. The average Bonchev–Trinajstić information content (AvgIpc) is 2.04. The zero-order valence-corrected chi connectivity index (χ0v) is 9.09. The molecule has 0 bridgehead atoms. The van der Waals surface area contributed by atoms with Crippen molar-refractivity contribution >= 4 is 0 Å². The van der Waals surface area contributed by atoms with Crippen LogP contribution in [0.15, 0.2) is 12.1 Å². The molecular formula is C12H19N. The predicted molar refractivity (Wildman–Crippen MR) is 57.0 cm³/mol. The molecule has 0 saturated carbocycles. The van der Waals surface area contributed by atoms with Crippen molar-refractivity contribution in [3.05, 3.63) is 29.1 Å². The molecule has 0 spiro atoms. The van der Waals surface area contributed by atoms with Crippen molar-refractivity contribution < 1.29 is 0 Å². The average molecular weight is 177 g/mol. The molecule has 0 atom stereocenters. The van der Waals surface area contributed by atoms with Crippen molar-refractivity contribution in [3.63, 3.8) is 0 Å². The van der Waals surface area contributed by atoms with Crippen molar-refractivity contribution in [1.82, 2.24) is 4.98 Å². The van der Waals surface area contributed by atoms with E-state index in [1.54, 1.807) is 0 Å². The molecule has 0 radical (unpaired) electrons. The highest BCUT2D eigenvalue weighted by Gasteiger charge is 2.07. The summed E-state index contributed by atoms with van der Waals surface area (Å²) in [6.07, 6.45) is 2.44. The van der Waals surface area contributed by atoms with Crippen molar-refractivity contribution in [2.75, 3.05) is 0 Å². The van der Waals surface area contributed by atoms with Gasteiger partial charge in [-0.15, -0.1) is 0 Å². The lowest BCUT2D eigenvalue weighted by Crippen LogP contribution is -1.98. The Kier molecular flexibility index (Phi) is 3.47. The van der Waals surface area contributed by atoms with Gasteiger partial charge in [0, 0.05) is 11.4 Å². The first-order valence-electron chi connectivity index (χ1n) is 5.12. The zero-order valence-electron chi connectivity index (χ0n) is 9.09. The Morgan fingerprint density at radius 3 is 1.92 bits per heavy atom. The molecule has 0 amide bonds. The largest absolute Gasteiger partial charge is 0.258 e. The zero-order chi connectivity index (χ0) is 9.84. The molecule has 0 aliphatic heterocycles. The number of aryl methyl sites for hydroxylation is 2. The molecule has 0 aromatic carbocycles. The number of hydrogen-bond acceptors (Lipinski definition) is 1. The van der Waals surface area contributed by atoms with Crippen molar-refractivity contribution in [3.8, 4) is 0 Å². The maximum Gasteiger partial charge on any atom is 0.0378 e. The molecule has 0 N–H and O–H groups in total. The van der Waals surface area contributed by atoms with Crippen LogP contribution in [0, 0.1) is 13.8 Å². The molecule has 1 aromatic heterocycles. The molecule has 0 fully saturated rings. The van der Waals surface area contributed by atoms with E-state index in [-0.39, 0.29) is 0 Å². The Hall–Kier alpha value is -0.850. The summed E-state index contributed by atoms with van der Waals surface area (Å²) in [6.45, 7) is 8.64. The second-order valence-corrected chi connectivity index (χ2v) is 3.70. The van der Waals surface area contributed by atoms with Crippen LogP contribution in [0.3, 0.4) is 0 Å². The summed E-state index contributed by atoms with van der Waals surface area (Å²) in [6, 6.07) is 4.43. The van der Waals surface area contributed by atoms with E-state index in [1.165, 1.54) is 18.4 Å². The fraction of sp³-hybridized carbons (Fsp3) is 0.583. The van der Waals surface area contributed by atoms with Gasteiger partial charge in [-0.25, -0.2) is 0 Å². The number of aromatic nitrogens is 1. The molecule has 72 valence electrons. The second kappa shape index (κ2) is 4.40. The Morgan fingerprint density at radius 1 is 1.08 bits per heavy atom. The van der Waals surface area contributed by atoms with Crippen molar-refractivity contribution in [1.29, 1.82) is 0 Å². The first kappa shape index (κ1) is 10.2. The summed E-state index contributed by atoms with van der Waals surface area (Å²) in [5.74, 6) is 0.709. The Morgan fingerprint density at radius 2 is 1.54 bits per heavy atom. The van der Waals surface area contributed by atoms with E-state index in [9.17, 15) is 0 Å². The molecule has 1 heterocycles. The summed E-state index contributed by atoms with van der Waals surface area (Å²) in [5, 5.41) is 0. The van der Waals surface area contributed by atoms with Crippen LogP contribution < -0.4 is 0 Å². The van der Waals surface area contributed by atoms with Crippen LogP contribution in [0.4, 0.5) is 0 Å². The van der Waals surface area contributed by atoms with Gasteiger partial charge in [0.05, 0.1) is 0 Å². The minimum atomic E-state index is 0.709. The van der Waals surface area contributed by atoms with Crippen LogP contribution in [0.1, 0.15) is 49.6 Å². The lowest BCUT2D eigenvalue weighted by Gasteiger charge is -2.13. The first-order chi connectivity index (χ1) is 6.17. The molecule has 1 heteroatoms. The summed E-state index contributed by atoms with van der Waals surface area (Å²) in [5.41, 5.74) is 3.74. The third-order valence-corrected chi connectivity index (χ3v) is 2.56. The van der Waals surface area contributed by atoms with E-state index < -0.39 is 0 Å². The molecule has 0 unspecified atom stereocenters. The highest BCUT2D eigenvalue weighted by molar-refractivity contribution is 5.23. The van der Waals surface area contributed by atoms with Crippen LogP contribution in [-0.4, -0.2) is 4.98 Å². The van der Waals surface area contributed by atoms with Crippen molar-refractivity contribution in [2.24, 2.45) is 0 Å². The van der Waals surface area contributed by atoms with Gasteiger partial charge >= 0.3 is 0 Å². The van der Waals surface area contributed by atoms with Crippen LogP contribution in [-0.2, 0) is 0 Å². The summed E-state index contributed by atoms with van der Waals surface area (Å²) in [7, 11) is 0. The molecule has 1 aromatic rings. The topological polar surface area (TPSA) is 12.9 Å². The number of nitrogens with zero attached hydrogens (tertiary/aromatic N) is 1.